The van der Waals surface area contributed by atoms with Gasteiger partial charge in [0.25, 0.3) is 5.91 Å². The van der Waals surface area contributed by atoms with E-state index in [1.807, 2.05) is 0 Å². The minimum Gasteiger partial charge on any atom is -0.493 e. The molecule has 0 unspecified atom stereocenters. The summed E-state index contributed by atoms with van der Waals surface area (Å²) in [5, 5.41) is 4.38. The predicted molar refractivity (Wildman–Crippen MR) is 88.7 cm³/mol. The lowest BCUT2D eigenvalue weighted by Gasteiger charge is -2.32. The van der Waals surface area contributed by atoms with Crippen LogP contribution in [0.15, 0.2) is 30.5 Å². The number of ether oxygens (including phenoxy) is 1. The molecule has 2 aromatic rings. The predicted octanol–water partition coefficient (Wildman–Crippen LogP) is 3.14. The van der Waals surface area contributed by atoms with Crippen molar-refractivity contribution in [3.63, 3.8) is 0 Å². The number of hydrogen-bond acceptors (Lipinski definition) is 3. The summed E-state index contributed by atoms with van der Waals surface area (Å²) in [6, 6.07) is 5.96. The van der Waals surface area contributed by atoms with Crippen molar-refractivity contribution in [1.29, 1.82) is 0 Å². The summed E-state index contributed by atoms with van der Waals surface area (Å²) in [5.74, 6) is 0.477. The Labute approximate surface area is 145 Å². The fourth-order valence-corrected chi connectivity index (χ4v) is 3.18. The number of carbonyl (C=O) groups is 1. The van der Waals surface area contributed by atoms with Crippen molar-refractivity contribution in [3.8, 4) is 5.75 Å². The number of amides is 1. The van der Waals surface area contributed by atoms with Crippen LogP contribution < -0.4 is 4.74 Å². The van der Waals surface area contributed by atoms with E-state index in [2.05, 4.69) is 5.10 Å². The molecular weight excluding hydrogens is 333 g/mol. The zero-order chi connectivity index (χ0) is 17.1. The molecule has 5 nitrogen and oxygen atoms in total. The Morgan fingerprint density at radius 3 is 2.83 bits per heavy atom. The van der Waals surface area contributed by atoms with Gasteiger partial charge in [0.15, 0.2) is 0 Å². The van der Waals surface area contributed by atoms with Gasteiger partial charge in [-0.2, -0.15) is 5.10 Å². The molecule has 0 aliphatic carbocycles. The third-order valence-electron chi connectivity index (χ3n) is 4.20. The van der Waals surface area contributed by atoms with Crippen LogP contribution in [0.1, 0.15) is 23.3 Å². The zero-order valence-electron chi connectivity index (χ0n) is 13.4. The van der Waals surface area contributed by atoms with Crippen LogP contribution >= 0.6 is 11.6 Å². The van der Waals surface area contributed by atoms with Gasteiger partial charge >= 0.3 is 0 Å². The van der Waals surface area contributed by atoms with Crippen molar-refractivity contribution in [1.82, 2.24) is 14.7 Å². The molecule has 0 bridgehead atoms. The van der Waals surface area contributed by atoms with Crippen LogP contribution in [0.2, 0.25) is 5.02 Å². The number of piperidine rings is 1. The topological polar surface area (TPSA) is 47.4 Å². The third kappa shape index (κ3) is 3.70. The van der Waals surface area contributed by atoms with Crippen molar-refractivity contribution in [3.05, 3.63) is 47.0 Å². The largest absolute Gasteiger partial charge is 0.493 e. The van der Waals surface area contributed by atoms with Crippen LogP contribution in [0.5, 0.6) is 5.75 Å². The highest BCUT2D eigenvalue weighted by atomic mass is 35.5. The van der Waals surface area contributed by atoms with Crippen LogP contribution in [0.25, 0.3) is 0 Å². The number of benzene rings is 1. The molecule has 1 fully saturated rings. The van der Waals surface area contributed by atoms with E-state index in [4.69, 9.17) is 16.3 Å². The summed E-state index contributed by atoms with van der Waals surface area (Å²) < 4.78 is 20.1. The molecule has 1 atom stereocenters. The first-order valence-electron chi connectivity index (χ1n) is 7.89. The Morgan fingerprint density at radius 2 is 2.17 bits per heavy atom. The molecule has 1 aromatic heterocycles. The second-order valence-corrected chi connectivity index (χ2v) is 6.40. The van der Waals surface area contributed by atoms with E-state index in [-0.39, 0.29) is 17.6 Å². The molecule has 1 amide bonds. The van der Waals surface area contributed by atoms with E-state index in [0.29, 0.717) is 36.2 Å². The zero-order valence-corrected chi connectivity index (χ0v) is 14.2. The van der Waals surface area contributed by atoms with E-state index >= 15 is 0 Å². The molecule has 24 heavy (non-hydrogen) atoms. The highest BCUT2D eigenvalue weighted by Gasteiger charge is 2.28. The Kier molecular flexibility index (Phi) is 5.04. The standard InChI is InChI=1S/C17H19ClFN3O2/c1-21-16(15(18)9-20-21)17(23)22-8-2-3-12(10-22)11-24-14-6-4-13(19)5-7-14/h4-7,9,12H,2-3,8,10-11H2,1H3/t12-/m1/s1. The van der Waals surface area contributed by atoms with Crippen molar-refractivity contribution >= 4 is 17.5 Å². The van der Waals surface area contributed by atoms with Gasteiger partial charge in [-0.05, 0) is 37.1 Å². The number of likely N-dealkylation sites (tertiary alicyclic amines) is 1. The number of rotatable bonds is 4. The molecule has 0 saturated carbocycles. The minimum atomic E-state index is -0.287. The molecule has 0 radical (unpaired) electrons. The smallest absolute Gasteiger partial charge is 0.273 e. The first kappa shape index (κ1) is 16.8. The Morgan fingerprint density at radius 1 is 1.42 bits per heavy atom. The monoisotopic (exact) mass is 351 g/mol. The highest BCUT2D eigenvalue weighted by Crippen LogP contribution is 2.23. The van der Waals surface area contributed by atoms with Gasteiger partial charge in [0.2, 0.25) is 0 Å². The van der Waals surface area contributed by atoms with Gasteiger partial charge in [0.05, 0.1) is 17.8 Å². The molecule has 128 valence electrons. The normalized spacial score (nSPS) is 17.8. The Hall–Kier alpha value is -2.08. The van der Waals surface area contributed by atoms with Crippen molar-refractivity contribution in [2.75, 3.05) is 19.7 Å². The maximum atomic E-state index is 12.9. The average Bonchev–Trinajstić information content (AvgIpc) is 2.93. The van der Waals surface area contributed by atoms with Crippen LogP contribution in [0.3, 0.4) is 0 Å². The van der Waals surface area contributed by atoms with Crippen LogP contribution in [-0.4, -0.2) is 40.3 Å². The molecule has 3 rings (SSSR count). The highest BCUT2D eigenvalue weighted by molar-refractivity contribution is 6.33. The van der Waals surface area contributed by atoms with Gasteiger partial charge in [-0.1, -0.05) is 11.6 Å². The van der Waals surface area contributed by atoms with E-state index in [9.17, 15) is 9.18 Å². The lowest BCUT2D eigenvalue weighted by Crippen LogP contribution is -2.42. The molecule has 7 heteroatoms. The van der Waals surface area contributed by atoms with Crippen molar-refractivity contribution in [2.24, 2.45) is 13.0 Å². The molecule has 0 spiro atoms. The van der Waals surface area contributed by atoms with Crippen molar-refractivity contribution in [2.45, 2.75) is 12.8 Å². The quantitative estimate of drug-likeness (QED) is 0.850. The summed E-state index contributed by atoms with van der Waals surface area (Å²) in [5.41, 5.74) is 0.414. The van der Waals surface area contributed by atoms with Crippen LogP contribution in [0.4, 0.5) is 4.39 Å². The molecule has 1 aromatic carbocycles. The Bertz CT molecular complexity index is 698. The molecule has 1 aliphatic heterocycles. The van der Waals surface area contributed by atoms with Gasteiger partial charge < -0.3 is 9.64 Å². The maximum Gasteiger partial charge on any atom is 0.273 e. The van der Waals surface area contributed by atoms with E-state index < -0.39 is 0 Å². The maximum absolute atomic E-state index is 12.9. The van der Waals surface area contributed by atoms with Gasteiger partial charge in [-0.3, -0.25) is 9.48 Å². The minimum absolute atomic E-state index is 0.105. The first-order chi connectivity index (χ1) is 11.5. The number of carbonyl (C=O) groups excluding carboxylic acids is 1. The van der Waals surface area contributed by atoms with Crippen LogP contribution in [0, 0.1) is 11.7 Å². The number of aromatic nitrogens is 2. The summed E-state index contributed by atoms with van der Waals surface area (Å²) in [6.07, 6.45) is 3.39. The number of halogens is 2. The fraction of sp³-hybridized carbons (Fsp3) is 0.412. The number of nitrogens with zero attached hydrogens (tertiary/aromatic N) is 3. The van der Waals surface area contributed by atoms with Crippen molar-refractivity contribution < 1.29 is 13.9 Å². The molecule has 2 heterocycles. The van der Waals surface area contributed by atoms with E-state index in [1.54, 1.807) is 24.1 Å². The average molecular weight is 352 g/mol. The first-order valence-corrected chi connectivity index (χ1v) is 8.27. The van der Waals surface area contributed by atoms with Gasteiger partial charge in [-0.15, -0.1) is 0 Å². The SMILES string of the molecule is Cn1ncc(Cl)c1C(=O)N1CCC[C@@H](COc2ccc(F)cc2)C1. The van der Waals surface area contributed by atoms with E-state index in [1.165, 1.54) is 23.0 Å². The number of aryl methyl sites for hydroxylation is 1. The number of hydrogen-bond donors (Lipinski definition) is 0. The lowest BCUT2D eigenvalue weighted by atomic mass is 9.98. The van der Waals surface area contributed by atoms with Crippen LogP contribution in [-0.2, 0) is 7.05 Å². The Balaban J connectivity index is 1.60. The van der Waals surface area contributed by atoms with Gasteiger partial charge in [0.1, 0.15) is 17.3 Å². The third-order valence-corrected chi connectivity index (χ3v) is 4.48. The van der Waals surface area contributed by atoms with Gasteiger partial charge in [0, 0.05) is 26.1 Å². The second kappa shape index (κ2) is 7.21. The second-order valence-electron chi connectivity index (χ2n) is 5.99. The fourth-order valence-electron chi connectivity index (χ4n) is 2.93. The molecule has 1 aliphatic rings. The van der Waals surface area contributed by atoms with Gasteiger partial charge in [-0.25, -0.2) is 4.39 Å². The van der Waals surface area contributed by atoms with E-state index in [0.717, 1.165) is 12.8 Å². The molecule has 1 saturated heterocycles. The molecule has 0 N–H and O–H groups in total. The lowest BCUT2D eigenvalue weighted by molar-refractivity contribution is 0.0622. The summed E-state index contributed by atoms with van der Waals surface area (Å²) in [7, 11) is 1.71. The summed E-state index contributed by atoms with van der Waals surface area (Å²) in [4.78, 5) is 14.5. The molecular formula is C17H19ClFN3O2. The summed E-state index contributed by atoms with van der Waals surface area (Å²) in [6.45, 7) is 1.81. The summed E-state index contributed by atoms with van der Waals surface area (Å²) >= 11 is 6.06.